The second kappa shape index (κ2) is 8.69. The van der Waals surface area contributed by atoms with E-state index in [1.165, 1.54) is 6.08 Å². The molecule has 24 heavy (non-hydrogen) atoms. The maximum atomic E-state index is 12.3. The third-order valence-electron chi connectivity index (χ3n) is 3.97. The summed E-state index contributed by atoms with van der Waals surface area (Å²) in [6.45, 7) is 4.30. The Bertz CT molecular complexity index is 740. The van der Waals surface area contributed by atoms with Crippen LogP contribution in [0.4, 0.5) is 5.69 Å². The quantitative estimate of drug-likeness (QED) is 0.652. The molecule has 0 aromatic heterocycles. The topological polar surface area (TPSA) is 38.3 Å². The van der Waals surface area contributed by atoms with Crippen molar-refractivity contribution in [2.45, 2.75) is 26.2 Å². The molecule has 0 saturated heterocycles. The van der Waals surface area contributed by atoms with E-state index >= 15 is 0 Å². The van der Waals surface area contributed by atoms with Gasteiger partial charge in [-0.3, -0.25) is 4.79 Å². The zero-order chi connectivity index (χ0) is 17.5. The van der Waals surface area contributed by atoms with Crippen LogP contribution < -0.4 is 10.1 Å². The number of benzene rings is 2. The smallest absolute Gasteiger partial charge is 0.248 e. The molecule has 0 fully saturated rings. The number of rotatable bonds is 6. The van der Waals surface area contributed by atoms with Gasteiger partial charge in [-0.1, -0.05) is 48.0 Å². The minimum atomic E-state index is -0.159. The number of carbonyl (C=O) groups excluding carboxylic acids is 1. The Balaban J connectivity index is 2.16. The normalized spacial score (nSPS) is 12.2. The molecule has 0 spiro atoms. The van der Waals surface area contributed by atoms with Gasteiger partial charge >= 0.3 is 0 Å². The van der Waals surface area contributed by atoms with Gasteiger partial charge in [0.1, 0.15) is 5.75 Å². The molecule has 0 radical (unpaired) electrons. The van der Waals surface area contributed by atoms with Crippen LogP contribution in [0.25, 0.3) is 6.08 Å². The van der Waals surface area contributed by atoms with Gasteiger partial charge in [-0.05, 0) is 48.2 Å². The number of carbonyl (C=O) groups is 1. The van der Waals surface area contributed by atoms with Gasteiger partial charge in [-0.15, -0.1) is 0 Å². The van der Waals surface area contributed by atoms with E-state index in [4.69, 9.17) is 4.74 Å². The Morgan fingerprint density at radius 2 is 2.04 bits per heavy atom. The van der Waals surface area contributed by atoms with Crippen molar-refractivity contribution in [2.75, 3.05) is 12.4 Å². The molecule has 0 heterocycles. The number of halogens is 1. The summed E-state index contributed by atoms with van der Waals surface area (Å²) in [7, 11) is 1.61. The second-order valence-electron chi connectivity index (χ2n) is 5.61. The van der Waals surface area contributed by atoms with Crippen LogP contribution in [0.1, 0.15) is 37.3 Å². The van der Waals surface area contributed by atoms with Crippen LogP contribution in [0.3, 0.4) is 0 Å². The summed E-state index contributed by atoms with van der Waals surface area (Å²) < 4.78 is 6.25. The summed E-state index contributed by atoms with van der Waals surface area (Å²) in [5.74, 6) is 0.964. The van der Waals surface area contributed by atoms with Crippen molar-refractivity contribution in [3.63, 3.8) is 0 Å². The highest BCUT2D eigenvalue weighted by molar-refractivity contribution is 9.10. The van der Waals surface area contributed by atoms with Gasteiger partial charge in [0.15, 0.2) is 0 Å². The molecule has 0 bridgehead atoms. The van der Waals surface area contributed by atoms with Gasteiger partial charge in [0.05, 0.1) is 7.11 Å². The molecule has 126 valence electrons. The molecule has 1 atom stereocenters. The maximum absolute atomic E-state index is 12.3. The lowest BCUT2D eigenvalue weighted by Gasteiger charge is -2.14. The van der Waals surface area contributed by atoms with Gasteiger partial charge in [-0.2, -0.15) is 0 Å². The fourth-order valence-corrected chi connectivity index (χ4v) is 2.81. The van der Waals surface area contributed by atoms with Gasteiger partial charge in [0.2, 0.25) is 5.91 Å². The first-order chi connectivity index (χ1) is 11.5. The molecule has 0 aliphatic carbocycles. The van der Waals surface area contributed by atoms with Crippen molar-refractivity contribution < 1.29 is 9.53 Å². The van der Waals surface area contributed by atoms with Crippen molar-refractivity contribution in [2.24, 2.45) is 0 Å². The number of hydrogen-bond acceptors (Lipinski definition) is 2. The number of nitrogens with one attached hydrogen (secondary N) is 1. The lowest BCUT2D eigenvalue weighted by Crippen LogP contribution is -2.10. The Labute approximate surface area is 151 Å². The van der Waals surface area contributed by atoms with Crippen molar-refractivity contribution in [3.05, 3.63) is 64.1 Å². The van der Waals surface area contributed by atoms with E-state index in [1.807, 2.05) is 36.4 Å². The minimum absolute atomic E-state index is 0.159. The minimum Gasteiger partial charge on any atom is -0.496 e. The maximum Gasteiger partial charge on any atom is 0.248 e. The first kappa shape index (κ1) is 18.3. The van der Waals surface area contributed by atoms with Crippen LogP contribution in [-0.2, 0) is 4.79 Å². The van der Waals surface area contributed by atoms with Crippen LogP contribution in [-0.4, -0.2) is 13.0 Å². The Kier molecular flexibility index (Phi) is 6.62. The van der Waals surface area contributed by atoms with Crippen molar-refractivity contribution >= 4 is 33.6 Å². The molecule has 2 aromatic rings. The second-order valence-corrected chi connectivity index (χ2v) is 6.52. The molecule has 0 unspecified atom stereocenters. The lowest BCUT2D eigenvalue weighted by molar-refractivity contribution is -0.111. The molecule has 2 aromatic carbocycles. The summed E-state index contributed by atoms with van der Waals surface area (Å²) in [4.78, 5) is 12.3. The van der Waals surface area contributed by atoms with Crippen molar-refractivity contribution in [1.82, 2.24) is 0 Å². The monoisotopic (exact) mass is 387 g/mol. The van der Waals surface area contributed by atoms with Crippen LogP contribution in [0.5, 0.6) is 5.75 Å². The average molecular weight is 388 g/mol. The molecule has 0 aliphatic rings. The van der Waals surface area contributed by atoms with Crippen LogP contribution >= 0.6 is 15.9 Å². The zero-order valence-electron chi connectivity index (χ0n) is 14.2. The summed E-state index contributed by atoms with van der Waals surface area (Å²) in [6, 6.07) is 13.6. The molecular formula is C20H22BrNO2. The fourth-order valence-electron chi connectivity index (χ4n) is 2.44. The first-order valence-electron chi connectivity index (χ1n) is 7.96. The molecular weight excluding hydrogens is 366 g/mol. The molecule has 0 saturated carbocycles. The highest BCUT2D eigenvalue weighted by atomic mass is 79.9. The van der Waals surface area contributed by atoms with E-state index in [2.05, 4.69) is 41.2 Å². The molecule has 3 nitrogen and oxygen atoms in total. The lowest BCUT2D eigenvalue weighted by atomic mass is 9.97. The van der Waals surface area contributed by atoms with E-state index in [1.54, 1.807) is 13.2 Å². The Hall–Kier alpha value is -2.07. The molecule has 4 heteroatoms. The zero-order valence-corrected chi connectivity index (χ0v) is 15.8. The number of ether oxygens (including phenoxy) is 1. The largest absolute Gasteiger partial charge is 0.496 e. The number of hydrogen-bond donors (Lipinski definition) is 1. The summed E-state index contributed by atoms with van der Waals surface area (Å²) in [6.07, 6.45) is 4.31. The highest BCUT2D eigenvalue weighted by Gasteiger charge is 2.10. The molecule has 0 aliphatic heterocycles. The summed E-state index contributed by atoms with van der Waals surface area (Å²) in [5, 5.41) is 2.97. The molecule has 1 amide bonds. The third-order valence-corrected chi connectivity index (χ3v) is 4.46. The van der Waals surface area contributed by atoms with Crippen molar-refractivity contribution in [1.29, 1.82) is 0 Å². The SMILES string of the molecule is CC[C@@H](C)c1ccccc1NC(=O)/C=C/c1cc(Br)ccc1OC. The van der Waals surface area contributed by atoms with Gasteiger partial charge in [-0.25, -0.2) is 0 Å². The molecule has 1 N–H and O–H groups in total. The van der Waals surface area contributed by atoms with Crippen LogP contribution in [0.2, 0.25) is 0 Å². The Morgan fingerprint density at radius 3 is 2.75 bits per heavy atom. The highest BCUT2D eigenvalue weighted by Crippen LogP contribution is 2.27. The van der Waals surface area contributed by atoms with Crippen LogP contribution in [0.15, 0.2) is 53.0 Å². The van der Waals surface area contributed by atoms with Crippen molar-refractivity contribution in [3.8, 4) is 5.75 Å². The number of anilines is 1. The van der Waals surface area contributed by atoms with Crippen LogP contribution in [0, 0.1) is 0 Å². The third kappa shape index (κ3) is 4.71. The van der Waals surface area contributed by atoms with Gasteiger partial charge in [0.25, 0.3) is 0 Å². The number of para-hydroxylation sites is 1. The van der Waals surface area contributed by atoms with E-state index in [0.29, 0.717) is 5.92 Å². The first-order valence-corrected chi connectivity index (χ1v) is 8.76. The van der Waals surface area contributed by atoms with E-state index in [-0.39, 0.29) is 5.91 Å². The Morgan fingerprint density at radius 1 is 1.29 bits per heavy atom. The van der Waals surface area contributed by atoms with E-state index in [9.17, 15) is 4.79 Å². The number of amides is 1. The summed E-state index contributed by atoms with van der Waals surface area (Å²) in [5.41, 5.74) is 2.86. The average Bonchev–Trinajstić information content (AvgIpc) is 2.60. The predicted octanol–water partition coefficient (Wildman–Crippen LogP) is 5.62. The molecule has 2 rings (SSSR count). The van der Waals surface area contributed by atoms with Gasteiger partial charge < -0.3 is 10.1 Å². The van der Waals surface area contributed by atoms with E-state index in [0.717, 1.165) is 33.5 Å². The fraction of sp³-hybridized carbons (Fsp3) is 0.250. The van der Waals surface area contributed by atoms with E-state index < -0.39 is 0 Å². The number of methoxy groups -OCH3 is 1. The predicted molar refractivity (Wildman–Crippen MR) is 104 cm³/mol. The summed E-state index contributed by atoms with van der Waals surface area (Å²) >= 11 is 3.43. The van der Waals surface area contributed by atoms with Gasteiger partial charge in [0, 0.05) is 21.8 Å². The standard InChI is InChI=1S/C20H22BrNO2/c1-4-14(2)17-7-5-6-8-18(17)22-20(23)12-9-15-13-16(21)10-11-19(15)24-3/h5-14H,4H2,1-3H3,(H,22,23)/b12-9+/t14-/m1/s1.